The number of aryl methyl sites for hydroxylation is 1. The average Bonchev–Trinajstić information content (AvgIpc) is 2.90. The lowest BCUT2D eigenvalue weighted by molar-refractivity contribution is 0.0168. The van der Waals surface area contributed by atoms with Crippen LogP contribution in [0.25, 0.3) is 16.8 Å². The van der Waals surface area contributed by atoms with Gasteiger partial charge in [-0.05, 0) is 18.6 Å². The van der Waals surface area contributed by atoms with Crippen molar-refractivity contribution in [3.63, 3.8) is 0 Å². The molecule has 0 saturated carbocycles. The minimum absolute atomic E-state index is 0.268. The number of halogens is 3. The molecule has 0 aliphatic carbocycles. The number of nitrogens with zero attached hydrogens (tertiary/aromatic N) is 2. The van der Waals surface area contributed by atoms with Crippen molar-refractivity contribution in [2.24, 2.45) is 0 Å². The molecule has 0 bridgehead atoms. The topological polar surface area (TPSA) is 87.5 Å². The molecule has 0 aliphatic rings. The highest BCUT2D eigenvalue weighted by molar-refractivity contribution is 6.31. The van der Waals surface area contributed by atoms with Gasteiger partial charge in [0.05, 0.1) is 17.5 Å². The molecule has 25 heavy (non-hydrogen) atoms. The summed E-state index contributed by atoms with van der Waals surface area (Å²) in [6.07, 6.45) is 1.28. The molecule has 3 aromatic rings. The SMILES string of the molecule is Cc1ccc(-c2cn3nc(C(=O)O)c(C(C)(F)F)c3c(=O)[nH]2)cc1Cl. The van der Waals surface area contributed by atoms with Gasteiger partial charge in [-0.1, -0.05) is 23.7 Å². The number of rotatable bonds is 3. The predicted octanol–water partition coefficient (Wildman–Crippen LogP) is 3.46. The summed E-state index contributed by atoms with van der Waals surface area (Å²) in [6, 6.07) is 5.03. The van der Waals surface area contributed by atoms with Gasteiger partial charge in [-0.2, -0.15) is 5.10 Å². The van der Waals surface area contributed by atoms with E-state index in [-0.39, 0.29) is 5.69 Å². The van der Waals surface area contributed by atoms with Crippen molar-refractivity contribution in [2.75, 3.05) is 0 Å². The number of H-pyrrole nitrogens is 1. The Bertz CT molecular complexity index is 1070. The summed E-state index contributed by atoms with van der Waals surface area (Å²) in [5.74, 6) is -5.18. The molecule has 0 radical (unpaired) electrons. The van der Waals surface area contributed by atoms with E-state index in [1.807, 2.05) is 0 Å². The number of aromatic nitrogens is 3. The molecule has 0 aliphatic heterocycles. The van der Waals surface area contributed by atoms with Gasteiger partial charge in [0.15, 0.2) is 5.69 Å². The van der Waals surface area contributed by atoms with Crippen LogP contribution < -0.4 is 5.56 Å². The maximum atomic E-state index is 13.9. The minimum Gasteiger partial charge on any atom is -0.476 e. The highest BCUT2D eigenvalue weighted by Gasteiger charge is 2.37. The molecule has 0 saturated heterocycles. The van der Waals surface area contributed by atoms with E-state index >= 15 is 0 Å². The lowest BCUT2D eigenvalue weighted by atomic mass is 10.1. The van der Waals surface area contributed by atoms with Gasteiger partial charge in [-0.15, -0.1) is 0 Å². The van der Waals surface area contributed by atoms with Gasteiger partial charge >= 0.3 is 5.97 Å². The molecule has 0 amide bonds. The number of hydrogen-bond donors (Lipinski definition) is 2. The van der Waals surface area contributed by atoms with Crippen molar-refractivity contribution < 1.29 is 18.7 Å². The van der Waals surface area contributed by atoms with E-state index in [0.717, 1.165) is 10.1 Å². The molecular weight excluding hydrogens is 356 g/mol. The van der Waals surface area contributed by atoms with Crippen LogP contribution in [0, 0.1) is 6.92 Å². The third-order valence-electron chi connectivity index (χ3n) is 3.75. The molecule has 1 aromatic carbocycles. The third-order valence-corrected chi connectivity index (χ3v) is 4.16. The van der Waals surface area contributed by atoms with E-state index in [1.54, 1.807) is 25.1 Å². The fourth-order valence-corrected chi connectivity index (χ4v) is 2.73. The van der Waals surface area contributed by atoms with E-state index < -0.39 is 34.2 Å². The third kappa shape index (κ3) is 2.89. The van der Waals surface area contributed by atoms with Gasteiger partial charge in [0.1, 0.15) is 5.52 Å². The largest absolute Gasteiger partial charge is 0.476 e. The molecule has 2 heterocycles. The molecule has 0 spiro atoms. The molecule has 9 heteroatoms. The van der Waals surface area contributed by atoms with Crippen molar-refractivity contribution in [2.45, 2.75) is 19.8 Å². The lowest BCUT2D eigenvalue weighted by Gasteiger charge is -2.09. The summed E-state index contributed by atoms with van der Waals surface area (Å²) < 4.78 is 28.6. The standard InChI is InChI=1S/C16H12ClF2N3O3/c1-7-3-4-8(5-9(7)17)10-6-22-13(14(23)20-10)11(16(2,18)19)12(21-22)15(24)25/h3-6H,1-2H3,(H,20,23)(H,24,25). The second-order valence-electron chi connectivity index (χ2n) is 5.67. The van der Waals surface area contributed by atoms with E-state index in [9.17, 15) is 18.4 Å². The Morgan fingerprint density at radius 1 is 1.40 bits per heavy atom. The van der Waals surface area contributed by atoms with Crippen molar-refractivity contribution in [1.82, 2.24) is 14.6 Å². The van der Waals surface area contributed by atoms with Crippen LogP contribution in [0.4, 0.5) is 8.78 Å². The molecular formula is C16H12ClF2N3O3. The van der Waals surface area contributed by atoms with Gasteiger partial charge in [0, 0.05) is 17.5 Å². The predicted molar refractivity (Wildman–Crippen MR) is 87.5 cm³/mol. The summed E-state index contributed by atoms with van der Waals surface area (Å²) in [4.78, 5) is 26.1. The molecule has 3 rings (SSSR count). The highest BCUT2D eigenvalue weighted by atomic mass is 35.5. The van der Waals surface area contributed by atoms with Crippen LogP contribution in [0.1, 0.15) is 28.5 Å². The Labute approximate surface area is 144 Å². The molecule has 2 N–H and O–H groups in total. The monoisotopic (exact) mass is 367 g/mol. The van der Waals surface area contributed by atoms with Crippen LogP contribution in [-0.4, -0.2) is 25.7 Å². The van der Waals surface area contributed by atoms with Crippen molar-refractivity contribution >= 4 is 23.1 Å². The Morgan fingerprint density at radius 3 is 2.64 bits per heavy atom. The van der Waals surface area contributed by atoms with Gasteiger partial charge in [-0.25, -0.2) is 18.1 Å². The normalized spacial score (nSPS) is 11.9. The van der Waals surface area contributed by atoms with Gasteiger partial charge in [0.2, 0.25) is 0 Å². The average molecular weight is 368 g/mol. The fourth-order valence-electron chi connectivity index (χ4n) is 2.55. The maximum absolute atomic E-state index is 13.9. The number of fused-ring (bicyclic) bond motifs is 1. The van der Waals surface area contributed by atoms with Crippen molar-refractivity contribution in [3.05, 3.63) is 56.6 Å². The van der Waals surface area contributed by atoms with Crippen molar-refractivity contribution in [1.29, 1.82) is 0 Å². The quantitative estimate of drug-likeness (QED) is 0.742. The molecule has 0 unspecified atom stereocenters. The zero-order valence-electron chi connectivity index (χ0n) is 13.1. The molecule has 130 valence electrons. The number of carboxylic acids is 1. The zero-order valence-corrected chi connectivity index (χ0v) is 13.9. The molecule has 0 atom stereocenters. The Kier molecular flexibility index (Phi) is 3.87. The molecule has 0 fully saturated rings. The van der Waals surface area contributed by atoms with E-state index in [4.69, 9.17) is 16.7 Å². The van der Waals surface area contributed by atoms with Crippen LogP contribution in [0.15, 0.2) is 29.2 Å². The van der Waals surface area contributed by atoms with E-state index in [2.05, 4.69) is 10.1 Å². The Morgan fingerprint density at radius 2 is 2.08 bits per heavy atom. The van der Waals surface area contributed by atoms with Crippen LogP contribution in [-0.2, 0) is 5.92 Å². The van der Waals surface area contributed by atoms with E-state index in [0.29, 0.717) is 17.5 Å². The summed E-state index contributed by atoms with van der Waals surface area (Å²) in [5.41, 5.74) is -1.53. The second kappa shape index (κ2) is 5.66. The summed E-state index contributed by atoms with van der Waals surface area (Å²) >= 11 is 6.06. The summed E-state index contributed by atoms with van der Waals surface area (Å²) in [7, 11) is 0. The number of aromatic amines is 1. The van der Waals surface area contributed by atoms with Crippen LogP contribution in [0.3, 0.4) is 0 Å². The first-order valence-electron chi connectivity index (χ1n) is 7.13. The van der Waals surface area contributed by atoms with Crippen LogP contribution in [0.2, 0.25) is 5.02 Å². The summed E-state index contributed by atoms with van der Waals surface area (Å²) in [5, 5.41) is 13.2. The number of hydrogen-bond acceptors (Lipinski definition) is 3. The Balaban J connectivity index is 2.33. The van der Waals surface area contributed by atoms with Gasteiger partial charge in [-0.3, -0.25) is 4.79 Å². The number of alkyl halides is 2. The molecule has 2 aromatic heterocycles. The first kappa shape index (κ1) is 17.1. The number of aromatic carboxylic acids is 1. The first-order valence-corrected chi connectivity index (χ1v) is 7.51. The highest BCUT2D eigenvalue weighted by Crippen LogP contribution is 2.33. The minimum atomic E-state index is -3.54. The fraction of sp³-hybridized carbons (Fsp3) is 0.188. The van der Waals surface area contributed by atoms with Crippen molar-refractivity contribution in [3.8, 4) is 11.3 Å². The maximum Gasteiger partial charge on any atom is 0.356 e. The number of carboxylic acid groups (broad SMARTS) is 1. The van der Waals surface area contributed by atoms with E-state index in [1.165, 1.54) is 6.20 Å². The van der Waals surface area contributed by atoms with Gasteiger partial charge < -0.3 is 10.1 Å². The van der Waals surface area contributed by atoms with Gasteiger partial charge in [0.25, 0.3) is 11.5 Å². The second-order valence-corrected chi connectivity index (χ2v) is 6.08. The lowest BCUT2D eigenvalue weighted by Crippen LogP contribution is -2.18. The van der Waals surface area contributed by atoms with Crippen LogP contribution >= 0.6 is 11.6 Å². The molecule has 6 nitrogen and oxygen atoms in total. The number of nitrogens with one attached hydrogen (secondary N) is 1. The smallest absolute Gasteiger partial charge is 0.356 e. The number of carbonyl (C=O) groups is 1. The first-order chi connectivity index (χ1) is 11.6. The summed E-state index contributed by atoms with van der Waals surface area (Å²) in [6.45, 7) is 2.32. The zero-order chi connectivity index (χ0) is 18.5. The number of benzene rings is 1. The van der Waals surface area contributed by atoms with Crippen LogP contribution in [0.5, 0.6) is 0 Å². The Hall–Kier alpha value is -2.74.